The highest BCUT2D eigenvalue weighted by atomic mass is 35.5. The summed E-state index contributed by atoms with van der Waals surface area (Å²) in [6.45, 7) is 0. The first-order valence-corrected chi connectivity index (χ1v) is 14.6. The van der Waals surface area contributed by atoms with Crippen molar-refractivity contribution in [3.63, 3.8) is 0 Å². The molecule has 0 aliphatic heterocycles. The Labute approximate surface area is 231 Å². The van der Waals surface area contributed by atoms with E-state index in [1.165, 1.54) is 21.5 Å². The maximum Gasteiger partial charge on any atom is 0.116 e. The number of para-hydroxylation sites is 1. The maximum absolute atomic E-state index is 5.15. The molecule has 0 fully saturated rings. The van der Waals surface area contributed by atoms with E-state index in [0.29, 0.717) is 0 Å². The minimum atomic E-state index is -2.05. The molecular formula is C34H28ClN2P. The summed E-state index contributed by atoms with van der Waals surface area (Å²) in [4.78, 5) is 0. The predicted octanol–water partition coefficient (Wildman–Crippen LogP) is 4.04. The van der Waals surface area contributed by atoms with Crippen molar-refractivity contribution in [2.24, 2.45) is 0 Å². The molecular weight excluding hydrogens is 503 g/mol. The molecule has 6 rings (SSSR count). The quantitative estimate of drug-likeness (QED) is 0.285. The molecule has 186 valence electrons. The largest absolute Gasteiger partial charge is 1.00 e. The van der Waals surface area contributed by atoms with Crippen molar-refractivity contribution in [2.75, 3.05) is 0 Å². The molecule has 1 heterocycles. The molecule has 0 aliphatic rings. The molecule has 1 aromatic heterocycles. The van der Waals surface area contributed by atoms with E-state index < -0.39 is 7.26 Å². The zero-order chi connectivity index (χ0) is 24.9. The summed E-state index contributed by atoms with van der Waals surface area (Å²) >= 11 is 0. The smallest absolute Gasteiger partial charge is 0.116 e. The van der Waals surface area contributed by atoms with Crippen LogP contribution in [-0.2, 0) is 6.16 Å². The van der Waals surface area contributed by atoms with Gasteiger partial charge in [0.1, 0.15) is 29.3 Å². The third-order valence-corrected chi connectivity index (χ3v) is 11.2. The van der Waals surface area contributed by atoms with E-state index in [2.05, 4.69) is 152 Å². The molecule has 0 N–H and O–H groups in total. The van der Waals surface area contributed by atoms with Gasteiger partial charge in [0.2, 0.25) is 0 Å². The second-order valence-corrected chi connectivity index (χ2v) is 12.6. The van der Waals surface area contributed by atoms with Gasteiger partial charge in [-0.2, -0.15) is 5.10 Å². The van der Waals surface area contributed by atoms with Crippen LogP contribution < -0.4 is 28.3 Å². The Bertz CT molecular complexity index is 1470. The first-order chi connectivity index (χ1) is 18.3. The summed E-state index contributed by atoms with van der Waals surface area (Å²) in [5, 5.41) is 9.27. The van der Waals surface area contributed by atoms with E-state index in [1.54, 1.807) is 0 Å². The molecule has 2 nitrogen and oxygen atoms in total. The van der Waals surface area contributed by atoms with Gasteiger partial charge in [-0.25, -0.2) is 4.68 Å². The molecule has 6 aromatic rings. The third kappa shape index (κ3) is 4.94. The van der Waals surface area contributed by atoms with Crippen molar-refractivity contribution in [3.8, 4) is 16.9 Å². The van der Waals surface area contributed by atoms with E-state index in [-0.39, 0.29) is 12.4 Å². The molecule has 0 radical (unpaired) electrons. The normalized spacial score (nSPS) is 11.1. The Morgan fingerprint density at radius 1 is 0.500 bits per heavy atom. The lowest BCUT2D eigenvalue weighted by Gasteiger charge is -2.27. The SMILES string of the molecule is [Cl-].c1ccc(-c2nn(-c3ccccc3)cc2C[P+](c2ccccc2)(c2ccccc2)c2ccccc2)cc1. The lowest BCUT2D eigenvalue weighted by atomic mass is 10.1. The molecule has 4 heteroatoms. The van der Waals surface area contributed by atoms with Gasteiger partial charge in [0.15, 0.2) is 0 Å². The molecule has 0 spiro atoms. The maximum atomic E-state index is 5.15. The molecule has 0 unspecified atom stereocenters. The van der Waals surface area contributed by atoms with Crippen molar-refractivity contribution in [1.29, 1.82) is 0 Å². The van der Waals surface area contributed by atoms with Gasteiger partial charge in [0, 0.05) is 17.3 Å². The molecule has 0 atom stereocenters. The molecule has 0 aliphatic carbocycles. The van der Waals surface area contributed by atoms with Crippen molar-refractivity contribution >= 4 is 23.2 Å². The molecule has 38 heavy (non-hydrogen) atoms. The number of rotatable bonds is 7. The zero-order valence-corrected chi connectivity index (χ0v) is 22.6. The monoisotopic (exact) mass is 530 g/mol. The second-order valence-electron chi connectivity index (χ2n) is 9.12. The number of nitrogens with zero attached hydrogens (tertiary/aromatic N) is 2. The summed E-state index contributed by atoms with van der Waals surface area (Å²) in [6.07, 6.45) is 3.11. The van der Waals surface area contributed by atoms with Crippen LogP contribution in [-0.4, -0.2) is 9.78 Å². The first kappa shape index (κ1) is 25.7. The van der Waals surface area contributed by atoms with Gasteiger partial charge in [0.25, 0.3) is 0 Å². The van der Waals surface area contributed by atoms with Crippen LogP contribution in [0.1, 0.15) is 5.56 Å². The van der Waals surface area contributed by atoms with Crippen LogP contribution in [0, 0.1) is 0 Å². The average Bonchev–Trinajstić information content (AvgIpc) is 3.42. The third-order valence-electron chi connectivity index (χ3n) is 6.86. The Morgan fingerprint density at radius 2 is 0.895 bits per heavy atom. The Kier molecular flexibility index (Phi) is 7.84. The van der Waals surface area contributed by atoms with E-state index >= 15 is 0 Å². The van der Waals surface area contributed by atoms with Gasteiger partial charge < -0.3 is 12.4 Å². The standard InChI is InChI=1S/C34H28N2P.ClH/c1-6-16-28(17-7-1)34-29(26-36(35-34)30-18-8-2-9-19-30)27-37(31-20-10-3-11-21-31,32-22-12-4-13-23-32)33-24-14-5-15-25-33;/h1-26H,27H2;1H/q+1;/p-1. The summed E-state index contributed by atoms with van der Waals surface area (Å²) in [7, 11) is -2.05. The van der Waals surface area contributed by atoms with Crippen LogP contribution in [0.2, 0.25) is 0 Å². The fourth-order valence-electron chi connectivity index (χ4n) is 5.10. The summed E-state index contributed by atoms with van der Waals surface area (Å²) < 4.78 is 2.04. The summed E-state index contributed by atoms with van der Waals surface area (Å²) in [6, 6.07) is 54.1. The highest BCUT2D eigenvalue weighted by Gasteiger charge is 2.46. The average molecular weight is 531 g/mol. The number of halogens is 1. The molecule has 5 aromatic carbocycles. The van der Waals surface area contributed by atoms with Crippen LogP contribution in [0.5, 0.6) is 0 Å². The van der Waals surface area contributed by atoms with Crippen LogP contribution in [0.4, 0.5) is 0 Å². The number of hydrogen-bond acceptors (Lipinski definition) is 1. The highest BCUT2D eigenvalue weighted by molar-refractivity contribution is 7.95. The van der Waals surface area contributed by atoms with Gasteiger partial charge in [-0.1, -0.05) is 103 Å². The minimum absolute atomic E-state index is 0. The zero-order valence-electron chi connectivity index (χ0n) is 20.9. The van der Waals surface area contributed by atoms with Gasteiger partial charge in [-0.3, -0.25) is 0 Å². The van der Waals surface area contributed by atoms with Gasteiger partial charge >= 0.3 is 0 Å². The van der Waals surface area contributed by atoms with E-state index in [0.717, 1.165) is 23.1 Å². The van der Waals surface area contributed by atoms with Crippen molar-refractivity contribution < 1.29 is 12.4 Å². The Morgan fingerprint density at radius 3 is 1.34 bits per heavy atom. The minimum Gasteiger partial charge on any atom is -1.00 e. The molecule has 0 amide bonds. The van der Waals surface area contributed by atoms with Crippen LogP contribution in [0.25, 0.3) is 16.9 Å². The van der Waals surface area contributed by atoms with Crippen molar-refractivity contribution in [3.05, 3.63) is 163 Å². The second kappa shape index (κ2) is 11.6. The van der Waals surface area contributed by atoms with Gasteiger partial charge in [-0.15, -0.1) is 0 Å². The Balaban J connectivity index is 0.00000294. The van der Waals surface area contributed by atoms with E-state index in [9.17, 15) is 0 Å². The number of aromatic nitrogens is 2. The summed E-state index contributed by atoms with van der Waals surface area (Å²) in [5.41, 5.74) is 4.49. The highest BCUT2D eigenvalue weighted by Crippen LogP contribution is 2.58. The molecule has 0 saturated carbocycles. The van der Waals surface area contributed by atoms with Crippen molar-refractivity contribution in [1.82, 2.24) is 9.78 Å². The van der Waals surface area contributed by atoms with E-state index in [4.69, 9.17) is 5.10 Å². The fourth-order valence-corrected chi connectivity index (χ4v) is 9.33. The summed E-state index contributed by atoms with van der Waals surface area (Å²) in [5.74, 6) is 0. The Hall–Kier alpha value is -3.97. The predicted molar refractivity (Wildman–Crippen MR) is 158 cm³/mol. The van der Waals surface area contributed by atoms with Gasteiger partial charge in [-0.05, 0) is 48.5 Å². The first-order valence-electron chi connectivity index (χ1n) is 12.6. The number of benzene rings is 5. The van der Waals surface area contributed by atoms with Gasteiger partial charge in [0.05, 0.1) is 11.4 Å². The molecule has 0 bridgehead atoms. The number of hydrogen-bond donors (Lipinski definition) is 0. The van der Waals surface area contributed by atoms with Crippen LogP contribution in [0.3, 0.4) is 0 Å². The fraction of sp³-hybridized carbons (Fsp3) is 0.0294. The van der Waals surface area contributed by atoms with Crippen LogP contribution in [0.15, 0.2) is 158 Å². The van der Waals surface area contributed by atoms with E-state index in [1.807, 2.05) is 10.7 Å². The lowest BCUT2D eigenvalue weighted by Crippen LogP contribution is -3.00. The molecule has 0 saturated heterocycles. The van der Waals surface area contributed by atoms with Crippen molar-refractivity contribution in [2.45, 2.75) is 6.16 Å². The lowest BCUT2D eigenvalue weighted by molar-refractivity contribution is -0.00000716. The topological polar surface area (TPSA) is 17.8 Å². The van der Waals surface area contributed by atoms with Crippen LogP contribution >= 0.6 is 7.26 Å².